The van der Waals surface area contributed by atoms with Crippen LogP contribution in [0.15, 0.2) is 30.3 Å². The molecule has 0 atom stereocenters. The largest absolute Gasteiger partial charge is 0.305 e. The van der Waals surface area contributed by atoms with Crippen molar-refractivity contribution in [3.8, 4) is 0 Å². The zero-order valence-electron chi connectivity index (χ0n) is 9.61. The first-order chi connectivity index (χ1) is 7.89. The van der Waals surface area contributed by atoms with Gasteiger partial charge in [-0.25, -0.2) is 0 Å². The Morgan fingerprint density at radius 2 is 1.75 bits per heavy atom. The Hall–Kier alpha value is -0.470. The molecule has 0 spiro atoms. The van der Waals surface area contributed by atoms with E-state index < -0.39 is 0 Å². The molecule has 1 saturated heterocycles. The molecule has 2 fully saturated rings. The van der Waals surface area contributed by atoms with Crippen molar-refractivity contribution in [2.75, 3.05) is 11.5 Å². The summed E-state index contributed by atoms with van der Waals surface area (Å²) in [6.45, 7) is 0. The molecule has 1 nitrogen and oxygen atoms in total. The van der Waals surface area contributed by atoms with Crippen LogP contribution in [0.4, 0.5) is 0 Å². The van der Waals surface area contributed by atoms with E-state index in [2.05, 4.69) is 47.4 Å². The highest BCUT2D eigenvalue weighted by molar-refractivity contribution is 7.99. The number of hydrogen-bond acceptors (Lipinski definition) is 2. The average molecular weight is 233 g/mol. The van der Waals surface area contributed by atoms with Gasteiger partial charge in [-0.05, 0) is 42.8 Å². The number of thioether (sulfide) groups is 1. The topological polar surface area (TPSA) is 12.0 Å². The van der Waals surface area contributed by atoms with Crippen LogP contribution in [0.3, 0.4) is 0 Å². The van der Waals surface area contributed by atoms with E-state index in [1.165, 1.54) is 42.8 Å². The second kappa shape index (κ2) is 4.42. The van der Waals surface area contributed by atoms with Crippen LogP contribution < -0.4 is 5.32 Å². The Morgan fingerprint density at radius 3 is 2.38 bits per heavy atom. The highest BCUT2D eigenvalue weighted by Crippen LogP contribution is 2.46. The second-order valence-corrected chi connectivity index (χ2v) is 6.20. The number of benzene rings is 1. The van der Waals surface area contributed by atoms with Crippen molar-refractivity contribution in [2.24, 2.45) is 0 Å². The molecule has 0 bridgehead atoms. The van der Waals surface area contributed by atoms with Gasteiger partial charge in [-0.1, -0.05) is 30.3 Å². The summed E-state index contributed by atoms with van der Waals surface area (Å²) in [5, 5.41) is 3.91. The van der Waals surface area contributed by atoms with Gasteiger partial charge in [-0.15, -0.1) is 0 Å². The summed E-state index contributed by atoms with van der Waals surface area (Å²) in [5.74, 6) is 2.67. The van der Waals surface area contributed by atoms with E-state index in [0.29, 0.717) is 5.54 Å². The highest BCUT2D eigenvalue weighted by Gasteiger charge is 2.45. The van der Waals surface area contributed by atoms with Crippen LogP contribution >= 0.6 is 11.8 Å². The zero-order chi connectivity index (χ0) is 10.8. The van der Waals surface area contributed by atoms with Gasteiger partial charge in [0.15, 0.2) is 0 Å². The SMILES string of the molecule is c1ccc(C2(NC3CCSCC3)CC2)cc1. The lowest BCUT2D eigenvalue weighted by Crippen LogP contribution is -2.40. The van der Waals surface area contributed by atoms with Crippen molar-refractivity contribution in [3.05, 3.63) is 35.9 Å². The van der Waals surface area contributed by atoms with E-state index in [-0.39, 0.29) is 0 Å². The molecule has 1 aliphatic heterocycles. The lowest BCUT2D eigenvalue weighted by atomic mass is 10.0. The summed E-state index contributed by atoms with van der Waals surface area (Å²) in [7, 11) is 0. The first kappa shape index (κ1) is 10.7. The lowest BCUT2D eigenvalue weighted by Gasteiger charge is -2.28. The molecule has 1 aromatic rings. The van der Waals surface area contributed by atoms with Gasteiger partial charge in [0.2, 0.25) is 0 Å². The fourth-order valence-electron chi connectivity index (χ4n) is 2.63. The van der Waals surface area contributed by atoms with Crippen molar-refractivity contribution in [2.45, 2.75) is 37.3 Å². The van der Waals surface area contributed by atoms with E-state index in [1.54, 1.807) is 0 Å². The third-order valence-electron chi connectivity index (χ3n) is 3.78. The third-order valence-corrected chi connectivity index (χ3v) is 4.83. The van der Waals surface area contributed by atoms with Gasteiger partial charge in [0.05, 0.1) is 0 Å². The molecule has 2 heteroatoms. The molecule has 3 rings (SSSR count). The van der Waals surface area contributed by atoms with Crippen LogP contribution in [0.2, 0.25) is 0 Å². The maximum Gasteiger partial charge on any atom is 0.0438 e. The van der Waals surface area contributed by atoms with Crippen LogP contribution in [-0.2, 0) is 5.54 Å². The van der Waals surface area contributed by atoms with Gasteiger partial charge in [0.25, 0.3) is 0 Å². The van der Waals surface area contributed by atoms with Gasteiger partial charge in [-0.3, -0.25) is 0 Å². The molecule has 1 N–H and O–H groups in total. The first-order valence-corrected chi connectivity index (χ1v) is 7.46. The van der Waals surface area contributed by atoms with Crippen molar-refractivity contribution in [1.29, 1.82) is 0 Å². The molecule has 1 heterocycles. The Labute approximate surface area is 102 Å². The summed E-state index contributed by atoms with van der Waals surface area (Å²) in [5.41, 5.74) is 1.83. The van der Waals surface area contributed by atoms with E-state index >= 15 is 0 Å². The highest BCUT2D eigenvalue weighted by atomic mass is 32.2. The Balaban J connectivity index is 1.69. The lowest BCUT2D eigenvalue weighted by molar-refractivity contribution is 0.399. The van der Waals surface area contributed by atoms with Gasteiger partial charge >= 0.3 is 0 Å². The van der Waals surface area contributed by atoms with Gasteiger partial charge < -0.3 is 5.32 Å². The minimum absolute atomic E-state index is 0.341. The van der Waals surface area contributed by atoms with Crippen LogP contribution in [0.1, 0.15) is 31.2 Å². The summed E-state index contributed by atoms with van der Waals surface area (Å²) in [6.07, 6.45) is 5.33. The summed E-state index contributed by atoms with van der Waals surface area (Å²) in [4.78, 5) is 0. The van der Waals surface area contributed by atoms with Crippen LogP contribution in [-0.4, -0.2) is 17.5 Å². The second-order valence-electron chi connectivity index (χ2n) is 4.98. The van der Waals surface area contributed by atoms with Crippen molar-refractivity contribution in [3.63, 3.8) is 0 Å². The first-order valence-electron chi connectivity index (χ1n) is 6.30. The summed E-state index contributed by atoms with van der Waals surface area (Å²) in [6, 6.07) is 11.7. The van der Waals surface area contributed by atoms with Gasteiger partial charge in [0, 0.05) is 11.6 Å². The van der Waals surface area contributed by atoms with Crippen molar-refractivity contribution in [1.82, 2.24) is 5.32 Å². The van der Waals surface area contributed by atoms with Crippen LogP contribution in [0.5, 0.6) is 0 Å². The van der Waals surface area contributed by atoms with Gasteiger partial charge in [0.1, 0.15) is 0 Å². The number of rotatable bonds is 3. The van der Waals surface area contributed by atoms with E-state index in [0.717, 1.165) is 6.04 Å². The smallest absolute Gasteiger partial charge is 0.0438 e. The van der Waals surface area contributed by atoms with E-state index in [1.807, 2.05) is 0 Å². The molecule has 16 heavy (non-hydrogen) atoms. The molecular formula is C14H19NS. The molecule has 0 aromatic heterocycles. The van der Waals surface area contributed by atoms with E-state index in [9.17, 15) is 0 Å². The molecule has 86 valence electrons. The summed E-state index contributed by atoms with van der Waals surface area (Å²) < 4.78 is 0. The Kier molecular flexibility index (Phi) is 2.95. The normalized spacial score (nSPS) is 24.2. The quantitative estimate of drug-likeness (QED) is 0.860. The molecule has 0 unspecified atom stereocenters. The molecule has 2 aliphatic rings. The standard InChI is InChI=1S/C14H19NS/c1-2-4-12(5-3-1)14(8-9-14)15-13-6-10-16-11-7-13/h1-5,13,15H,6-11H2. The van der Waals surface area contributed by atoms with Crippen LogP contribution in [0, 0.1) is 0 Å². The fraction of sp³-hybridized carbons (Fsp3) is 0.571. The molecule has 1 aliphatic carbocycles. The fourth-order valence-corrected chi connectivity index (χ4v) is 3.74. The summed E-state index contributed by atoms with van der Waals surface area (Å²) >= 11 is 2.10. The average Bonchev–Trinajstić information content (AvgIpc) is 3.13. The van der Waals surface area contributed by atoms with Gasteiger partial charge in [-0.2, -0.15) is 11.8 Å². The maximum absolute atomic E-state index is 3.91. The molecule has 1 saturated carbocycles. The number of hydrogen-bond donors (Lipinski definition) is 1. The molecule has 0 amide bonds. The third kappa shape index (κ3) is 2.14. The predicted octanol–water partition coefficient (Wildman–Crippen LogP) is 3.16. The zero-order valence-corrected chi connectivity index (χ0v) is 10.4. The maximum atomic E-state index is 3.91. The Bertz CT molecular complexity index is 339. The minimum atomic E-state index is 0.341. The monoisotopic (exact) mass is 233 g/mol. The van der Waals surface area contributed by atoms with Crippen molar-refractivity contribution >= 4 is 11.8 Å². The molecule has 0 radical (unpaired) electrons. The predicted molar refractivity (Wildman–Crippen MR) is 70.8 cm³/mol. The molecular weight excluding hydrogens is 214 g/mol. The Morgan fingerprint density at radius 1 is 1.06 bits per heavy atom. The molecule has 1 aromatic carbocycles. The number of nitrogens with one attached hydrogen (secondary N) is 1. The van der Waals surface area contributed by atoms with E-state index in [4.69, 9.17) is 0 Å². The van der Waals surface area contributed by atoms with Crippen molar-refractivity contribution < 1.29 is 0 Å². The van der Waals surface area contributed by atoms with Crippen LogP contribution in [0.25, 0.3) is 0 Å². The minimum Gasteiger partial charge on any atom is -0.305 e.